The van der Waals surface area contributed by atoms with E-state index in [1.54, 1.807) is 4.90 Å². The van der Waals surface area contributed by atoms with Gasteiger partial charge in [-0.15, -0.1) is 0 Å². The molecular formula is C30H36ClN3O2. The van der Waals surface area contributed by atoms with Gasteiger partial charge in [0.1, 0.15) is 5.82 Å². The first-order valence-electron chi connectivity index (χ1n) is 13.3. The lowest BCUT2D eigenvalue weighted by Crippen LogP contribution is -2.41. The summed E-state index contributed by atoms with van der Waals surface area (Å²) < 4.78 is 0. The minimum Gasteiger partial charge on any atom is -0.385 e. The molecule has 5 nitrogen and oxygen atoms in total. The normalized spacial score (nSPS) is 24.9. The van der Waals surface area contributed by atoms with Crippen LogP contribution in [0.15, 0.2) is 60.4 Å². The molecule has 1 aliphatic carbocycles. The molecule has 190 valence electrons. The number of carbonyl (C=O) groups excluding carboxylic acids is 2. The minimum absolute atomic E-state index is 0.00442. The number of rotatable bonds is 6. The first kappa shape index (κ1) is 24.9. The summed E-state index contributed by atoms with van der Waals surface area (Å²) in [5.41, 5.74) is 8.52. The molecule has 2 aromatic carbocycles. The highest BCUT2D eigenvalue weighted by atomic mass is 35.5. The van der Waals surface area contributed by atoms with E-state index in [0.717, 1.165) is 29.7 Å². The van der Waals surface area contributed by atoms with Gasteiger partial charge in [-0.1, -0.05) is 61.2 Å². The smallest absolute Gasteiger partial charge is 0.242 e. The van der Waals surface area contributed by atoms with Crippen molar-refractivity contribution < 1.29 is 9.59 Å². The Hall–Kier alpha value is -2.79. The molecule has 3 aliphatic rings. The highest BCUT2D eigenvalue weighted by Gasteiger charge is 2.44. The third-order valence-corrected chi connectivity index (χ3v) is 8.56. The molecule has 1 unspecified atom stereocenters. The third kappa shape index (κ3) is 5.04. The largest absolute Gasteiger partial charge is 0.385 e. The molecule has 2 amide bonds. The molecule has 5 rings (SSSR count). The molecule has 2 aromatic rings. The van der Waals surface area contributed by atoms with Crippen molar-refractivity contribution in [3.8, 4) is 11.1 Å². The average molecular weight is 506 g/mol. The molecule has 2 aliphatic heterocycles. The van der Waals surface area contributed by atoms with Crippen molar-refractivity contribution in [1.29, 1.82) is 0 Å². The van der Waals surface area contributed by atoms with Gasteiger partial charge in [0.15, 0.2) is 0 Å². The van der Waals surface area contributed by atoms with Crippen molar-refractivity contribution in [3.63, 3.8) is 0 Å². The lowest BCUT2D eigenvalue weighted by Gasteiger charge is -2.27. The maximum absolute atomic E-state index is 13.7. The Balaban J connectivity index is 1.25. The zero-order valence-corrected chi connectivity index (χ0v) is 21.8. The molecule has 0 spiro atoms. The molecule has 2 N–H and O–H groups in total. The number of benzene rings is 2. The number of nitrogens with zero attached hydrogens (tertiary/aromatic N) is 2. The first-order valence-corrected chi connectivity index (χ1v) is 13.7. The minimum atomic E-state index is -0.826. The maximum atomic E-state index is 13.7. The van der Waals surface area contributed by atoms with Crippen LogP contribution in [0.5, 0.6) is 0 Å². The number of carbonyl (C=O) groups is 2. The Labute approximate surface area is 219 Å². The predicted molar refractivity (Wildman–Crippen MR) is 144 cm³/mol. The van der Waals surface area contributed by atoms with Crippen LogP contribution in [0.4, 0.5) is 0 Å². The summed E-state index contributed by atoms with van der Waals surface area (Å²) in [6, 6.07) is 15.8. The second kappa shape index (κ2) is 10.3. The van der Waals surface area contributed by atoms with Crippen LogP contribution in [0.25, 0.3) is 11.1 Å². The van der Waals surface area contributed by atoms with Crippen LogP contribution in [0.1, 0.15) is 57.4 Å². The van der Waals surface area contributed by atoms with E-state index in [1.807, 2.05) is 60.4 Å². The fraction of sp³-hybridized carbons (Fsp3) is 0.467. The molecular weight excluding hydrogens is 470 g/mol. The summed E-state index contributed by atoms with van der Waals surface area (Å²) in [6.45, 7) is 3.98. The van der Waals surface area contributed by atoms with Crippen molar-refractivity contribution in [3.05, 3.63) is 71.0 Å². The molecule has 1 saturated carbocycles. The second-order valence-corrected chi connectivity index (χ2v) is 11.4. The first-order chi connectivity index (χ1) is 17.3. The topological polar surface area (TPSA) is 66.6 Å². The third-order valence-electron chi connectivity index (χ3n) is 8.33. The van der Waals surface area contributed by atoms with E-state index in [1.165, 1.54) is 32.1 Å². The molecule has 1 saturated heterocycles. The summed E-state index contributed by atoms with van der Waals surface area (Å²) in [5, 5.41) is 0.680. The number of hydrogen-bond acceptors (Lipinski definition) is 3. The highest BCUT2D eigenvalue weighted by molar-refractivity contribution is 6.30. The van der Waals surface area contributed by atoms with Crippen molar-refractivity contribution in [2.45, 2.75) is 57.3 Å². The SMILES string of the molecule is CC1(c2cccc(-c3cccc(Cl)c3)c2)C=C(N)N(C[C@@H]2CCN(C(=O)CC3CCCCC3)C2)C1=O. The number of likely N-dealkylation sites (tertiary alicyclic amines) is 1. The standard InChI is InChI=1S/C30H36ClN3O2/c1-30(25-11-5-9-23(16-25)24-10-6-12-26(31)17-24)18-27(32)34(29(30)36)20-22-13-14-33(19-22)28(35)15-21-7-3-2-4-8-21/h5-6,9-12,16-18,21-22H,2-4,7-8,13-15,19-20,32H2,1H3/t22-,30?/m1/s1. The molecule has 0 aromatic heterocycles. The van der Waals surface area contributed by atoms with Crippen LogP contribution in [-0.2, 0) is 15.0 Å². The van der Waals surface area contributed by atoms with E-state index < -0.39 is 5.41 Å². The van der Waals surface area contributed by atoms with Gasteiger partial charge in [0.25, 0.3) is 0 Å². The van der Waals surface area contributed by atoms with Gasteiger partial charge in [-0.25, -0.2) is 0 Å². The van der Waals surface area contributed by atoms with E-state index in [0.29, 0.717) is 36.3 Å². The zero-order chi connectivity index (χ0) is 25.3. The Bertz CT molecular complexity index is 1170. The van der Waals surface area contributed by atoms with Gasteiger partial charge in [0.2, 0.25) is 11.8 Å². The molecule has 6 heteroatoms. The van der Waals surface area contributed by atoms with Gasteiger partial charge in [-0.2, -0.15) is 0 Å². The summed E-state index contributed by atoms with van der Waals surface area (Å²) in [6.07, 6.45) is 9.65. The van der Waals surface area contributed by atoms with Crippen LogP contribution < -0.4 is 5.73 Å². The van der Waals surface area contributed by atoms with Gasteiger partial charge in [0, 0.05) is 31.1 Å². The van der Waals surface area contributed by atoms with Crippen molar-refractivity contribution >= 4 is 23.4 Å². The summed E-state index contributed by atoms with van der Waals surface area (Å²) in [5.74, 6) is 1.57. The summed E-state index contributed by atoms with van der Waals surface area (Å²) in [4.78, 5) is 30.3. The van der Waals surface area contributed by atoms with Crippen LogP contribution >= 0.6 is 11.6 Å². The maximum Gasteiger partial charge on any atom is 0.242 e. The van der Waals surface area contributed by atoms with Crippen molar-refractivity contribution in [2.75, 3.05) is 19.6 Å². The van der Waals surface area contributed by atoms with E-state index in [2.05, 4.69) is 6.07 Å². The second-order valence-electron chi connectivity index (χ2n) is 11.0. The molecule has 2 heterocycles. The molecule has 2 fully saturated rings. The lowest BCUT2D eigenvalue weighted by molar-refractivity contribution is -0.132. The van der Waals surface area contributed by atoms with Crippen LogP contribution in [0.3, 0.4) is 0 Å². The van der Waals surface area contributed by atoms with Gasteiger partial charge in [-0.3, -0.25) is 14.5 Å². The number of nitrogens with two attached hydrogens (primary N) is 1. The molecule has 36 heavy (non-hydrogen) atoms. The quantitative estimate of drug-likeness (QED) is 0.545. The summed E-state index contributed by atoms with van der Waals surface area (Å²) >= 11 is 6.20. The molecule has 0 radical (unpaired) electrons. The number of halogens is 1. The fourth-order valence-electron chi connectivity index (χ4n) is 6.15. The average Bonchev–Trinajstić information content (AvgIpc) is 3.44. The number of amides is 2. The van der Waals surface area contributed by atoms with Gasteiger partial charge in [0.05, 0.1) is 5.41 Å². The monoisotopic (exact) mass is 505 g/mol. The zero-order valence-electron chi connectivity index (χ0n) is 21.1. The fourth-order valence-corrected chi connectivity index (χ4v) is 6.34. The van der Waals surface area contributed by atoms with Crippen LogP contribution in [0.2, 0.25) is 5.02 Å². The van der Waals surface area contributed by atoms with E-state index >= 15 is 0 Å². The van der Waals surface area contributed by atoms with Crippen LogP contribution in [0, 0.1) is 11.8 Å². The Morgan fingerprint density at radius 3 is 2.50 bits per heavy atom. The Kier molecular flexibility index (Phi) is 7.11. The Morgan fingerprint density at radius 2 is 1.75 bits per heavy atom. The van der Waals surface area contributed by atoms with Crippen LogP contribution in [-0.4, -0.2) is 41.2 Å². The van der Waals surface area contributed by atoms with E-state index in [9.17, 15) is 9.59 Å². The molecule has 2 atom stereocenters. The lowest BCUT2D eigenvalue weighted by atomic mass is 9.81. The van der Waals surface area contributed by atoms with E-state index in [4.69, 9.17) is 17.3 Å². The van der Waals surface area contributed by atoms with E-state index in [-0.39, 0.29) is 17.7 Å². The molecule has 0 bridgehead atoms. The highest BCUT2D eigenvalue weighted by Crippen LogP contribution is 2.38. The van der Waals surface area contributed by atoms with Gasteiger partial charge < -0.3 is 10.6 Å². The number of hydrogen-bond donors (Lipinski definition) is 1. The Morgan fingerprint density at radius 1 is 1.03 bits per heavy atom. The summed E-state index contributed by atoms with van der Waals surface area (Å²) in [7, 11) is 0. The van der Waals surface area contributed by atoms with Crippen molar-refractivity contribution in [1.82, 2.24) is 9.80 Å². The predicted octanol–water partition coefficient (Wildman–Crippen LogP) is 5.73. The van der Waals surface area contributed by atoms with Gasteiger partial charge in [-0.05, 0) is 79.0 Å². The van der Waals surface area contributed by atoms with Crippen molar-refractivity contribution in [2.24, 2.45) is 17.6 Å². The van der Waals surface area contributed by atoms with Gasteiger partial charge >= 0.3 is 0 Å².